The van der Waals surface area contributed by atoms with Crippen molar-refractivity contribution in [1.82, 2.24) is 14.5 Å². The van der Waals surface area contributed by atoms with Crippen LogP contribution in [0.15, 0.2) is 36.8 Å². The van der Waals surface area contributed by atoms with Gasteiger partial charge in [0.1, 0.15) is 5.75 Å². The van der Waals surface area contributed by atoms with Crippen LogP contribution in [0.3, 0.4) is 0 Å². The highest BCUT2D eigenvalue weighted by atomic mass is 16.5. The third kappa shape index (κ3) is 1.99. The van der Waals surface area contributed by atoms with Crippen LogP contribution >= 0.6 is 0 Å². The van der Waals surface area contributed by atoms with Crippen molar-refractivity contribution in [3.8, 4) is 11.6 Å². The molecule has 0 aliphatic rings. The van der Waals surface area contributed by atoms with Crippen molar-refractivity contribution in [2.75, 3.05) is 5.73 Å². The lowest BCUT2D eigenvalue weighted by Gasteiger charge is -2.08. The minimum atomic E-state index is 0.506. The first-order valence-corrected chi connectivity index (χ1v) is 5.95. The van der Waals surface area contributed by atoms with E-state index in [1.54, 1.807) is 18.6 Å². The highest BCUT2D eigenvalue weighted by molar-refractivity contribution is 5.80. The lowest BCUT2D eigenvalue weighted by Crippen LogP contribution is -1.93. The zero-order valence-electron chi connectivity index (χ0n) is 10.8. The summed E-state index contributed by atoms with van der Waals surface area (Å²) in [6.07, 6.45) is 3.46. The van der Waals surface area contributed by atoms with Crippen LogP contribution < -0.4 is 10.5 Å². The van der Waals surface area contributed by atoms with Gasteiger partial charge < -0.3 is 15.0 Å². The summed E-state index contributed by atoms with van der Waals surface area (Å²) in [5.74, 6) is 1.24. The molecule has 0 bridgehead atoms. The van der Waals surface area contributed by atoms with Gasteiger partial charge in [0.05, 0.1) is 11.8 Å². The van der Waals surface area contributed by atoms with Crippen LogP contribution in [0.1, 0.15) is 5.56 Å². The van der Waals surface area contributed by atoms with Gasteiger partial charge in [0, 0.05) is 18.9 Å². The molecular weight excluding hydrogens is 240 g/mol. The first kappa shape index (κ1) is 11.5. The summed E-state index contributed by atoms with van der Waals surface area (Å²) in [6, 6.07) is 7.42. The molecule has 0 amide bonds. The van der Waals surface area contributed by atoms with Crippen LogP contribution in [-0.4, -0.2) is 14.5 Å². The SMILES string of the molecule is Cc1cc(N)ccc1Oc1nccc2c1ncn2C. The Hall–Kier alpha value is -2.56. The van der Waals surface area contributed by atoms with Crippen molar-refractivity contribution in [2.24, 2.45) is 7.05 Å². The number of ether oxygens (including phenoxy) is 1. The number of nitrogen functional groups attached to an aromatic ring is 1. The van der Waals surface area contributed by atoms with E-state index in [1.165, 1.54) is 0 Å². The van der Waals surface area contributed by atoms with Crippen molar-refractivity contribution >= 4 is 16.7 Å². The van der Waals surface area contributed by atoms with Crippen molar-refractivity contribution < 1.29 is 4.74 Å². The molecule has 0 saturated carbocycles. The van der Waals surface area contributed by atoms with Gasteiger partial charge in [-0.1, -0.05) is 0 Å². The number of hydrogen-bond donors (Lipinski definition) is 1. The fourth-order valence-corrected chi connectivity index (χ4v) is 2.00. The second-order valence-electron chi connectivity index (χ2n) is 4.47. The third-order valence-corrected chi connectivity index (χ3v) is 3.02. The van der Waals surface area contributed by atoms with E-state index in [1.807, 2.05) is 36.7 Å². The summed E-state index contributed by atoms with van der Waals surface area (Å²) in [4.78, 5) is 8.56. The standard InChI is InChI=1S/C14H14N4O/c1-9-7-10(15)3-4-12(9)19-14-13-11(5-6-16-14)18(2)8-17-13/h3-8H,15H2,1-2H3. The Kier molecular flexibility index (Phi) is 2.59. The van der Waals surface area contributed by atoms with Gasteiger partial charge in [-0.15, -0.1) is 0 Å². The molecule has 2 heterocycles. The molecule has 19 heavy (non-hydrogen) atoms. The molecule has 3 aromatic rings. The first-order chi connectivity index (χ1) is 9.15. The first-order valence-electron chi connectivity index (χ1n) is 5.95. The molecule has 0 unspecified atom stereocenters. The number of fused-ring (bicyclic) bond motifs is 1. The fourth-order valence-electron chi connectivity index (χ4n) is 2.00. The summed E-state index contributed by atoms with van der Waals surface area (Å²) in [6.45, 7) is 1.95. The Morgan fingerprint density at radius 2 is 2.05 bits per heavy atom. The lowest BCUT2D eigenvalue weighted by atomic mass is 10.2. The second-order valence-corrected chi connectivity index (χ2v) is 4.47. The van der Waals surface area contributed by atoms with Gasteiger partial charge in [0.2, 0.25) is 5.88 Å². The number of nitrogens with two attached hydrogens (primary N) is 1. The number of aromatic nitrogens is 3. The molecule has 0 radical (unpaired) electrons. The molecule has 0 aliphatic carbocycles. The highest BCUT2D eigenvalue weighted by Gasteiger charge is 2.10. The quantitative estimate of drug-likeness (QED) is 0.714. The molecule has 5 heteroatoms. The van der Waals surface area contributed by atoms with Gasteiger partial charge in [-0.2, -0.15) is 0 Å². The normalized spacial score (nSPS) is 10.8. The molecule has 3 rings (SSSR count). The molecule has 5 nitrogen and oxygen atoms in total. The zero-order valence-corrected chi connectivity index (χ0v) is 10.8. The molecule has 0 spiro atoms. The van der Waals surface area contributed by atoms with E-state index in [9.17, 15) is 0 Å². The summed E-state index contributed by atoms with van der Waals surface area (Å²) < 4.78 is 7.78. The molecule has 1 aromatic carbocycles. The highest BCUT2D eigenvalue weighted by Crippen LogP contribution is 2.29. The maximum Gasteiger partial charge on any atom is 0.247 e. The van der Waals surface area contributed by atoms with Crippen LogP contribution in [0.25, 0.3) is 11.0 Å². The molecule has 2 N–H and O–H groups in total. The third-order valence-electron chi connectivity index (χ3n) is 3.02. The lowest BCUT2D eigenvalue weighted by molar-refractivity contribution is 0.464. The van der Waals surface area contributed by atoms with E-state index in [0.717, 1.165) is 22.3 Å². The average Bonchev–Trinajstić information content (AvgIpc) is 2.76. The van der Waals surface area contributed by atoms with E-state index in [4.69, 9.17) is 10.5 Å². The molecule has 96 valence electrons. The largest absolute Gasteiger partial charge is 0.437 e. The second kappa shape index (κ2) is 4.28. The number of hydrogen-bond acceptors (Lipinski definition) is 4. The van der Waals surface area contributed by atoms with Gasteiger partial charge in [-0.25, -0.2) is 9.97 Å². The van der Waals surface area contributed by atoms with Crippen molar-refractivity contribution in [3.05, 3.63) is 42.4 Å². The smallest absolute Gasteiger partial charge is 0.247 e. The maximum atomic E-state index is 5.85. The van der Waals surface area contributed by atoms with Crippen molar-refractivity contribution in [1.29, 1.82) is 0 Å². The van der Waals surface area contributed by atoms with Gasteiger partial charge in [0.25, 0.3) is 0 Å². The van der Waals surface area contributed by atoms with E-state index in [2.05, 4.69) is 9.97 Å². The van der Waals surface area contributed by atoms with E-state index < -0.39 is 0 Å². The topological polar surface area (TPSA) is 66.0 Å². The Balaban J connectivity index is 2.06. The summed E-state index contributed by atoms with van der Waals surface area (Å²) in [5, 5.41) is 0. The van der Waals surface area contributed by atoms with Crippen LogP contribution in [0.4, 0.5) is 5.69 Å². The molecule has 0 aliphatic heterocycles. The van der Waals surface area contributed by atoms with Crippen LogP contribution in [0, 0.1) is 6.92 Å². The summed E-state index contributed by atoms with van der Waals surface area (Å²) in [7, 11) is 1.94. The number of anilines is 1. The minimum Gasteiger partial charge on any atom is -0.437 e. The summed E-state index contributed by atoms with van der Waals surface area (Å²) in [5.41, 5.74) is 9.15. The van der Waals surface area contributed by atoms with Crippen LogP contribution in [0.5, 0.6) is 11.6 Å². The molecular formula is C14H14N4O. The number of rotatable bonds is 2. The van der Waals surface area contributed by atoms with Gasteiger partial charge in [-0.3, -0.25) is 0 Å². The zero-order chi connectivity index (χ0) is 13.4. The number of pyridine rings is 1. The van der Waals surface area contributed by atoms with Crippen LogP contribution in [-0.2, 0) is 7.05 Å². The monoisotopic (exact) mass is 254 g/mol. The fraction of sp³-hybridized carbons (Fsp3) is 0.143. The van der Waals surface area contributed by atoms with Gasteiger partial charge >= 0.3 is 0 Å². The summed E-state index contributed by atoms with van der Waals surface area (Å²) >= 11 is 0. The number of aryl methyl sites for hydroxylation is 2. The molecule has 0 fully saturated rings. The Morgan fingerprint density at radius 1 is 1.21 bits per heavy atom. The predicted molar refractivity (Wildman–Crippen MR) is 74.2 cm³/mol. The van der Waals surface area contributed by atoms with Crippen molar-refractivity contribution in [2.45, 2.75) is 6.92 Å². The number of benzene rings is 1. The predicted octanol–water partition coefficient (Wildman–Crippen LogP) is 2.65. The molecule has 0 atom stereocenters. The van der Waals surface area contributed by atoms with E-state index in [-0.39, 0.29) is 0 Å². The number of nitrogens with zero attached hydrogens (tertiary/aromatic N) is 3. The number of imidazole rings is 1. The molecule has 0 saturated heterocycles. The Labute approximate surface area is 110 Å². The minimum absolute atomic E-state index is 0.506. The van der Waals surface area contributed by atoms with Gasteiger partial charge in [-0.05, 0) is 36.8 Å². The van der Waals surface area contributed by atoms with E-state index in [0.29, 0.717) is 11.6 Å². The van der Waals surface area contributed by atoms with Gasteiger partial charge in [0.15, 0.2) is 5.52 Å². The maximum absolute atomic E-state index is 5.85. The Morgan fingerprint density at radius 3 is 2.84 bits per heavy atom. The Bertz CT molecular complexity index is 748. The average molecular weight is 254 g/mol. The van der Waals surface area contributed by atoms with E-state index >= 15 is 0 Å². The van der Waals surface area contributed by atoms with Crippen LogP contribution in [0.2, 0.25) is 0 Å². The van der Waals surface area contributed by atoms with Crippen molar-refractivity contribution in [3.63, 3.8) is 0 Å². The molecule has 2 aromatic heterocycles.